The standard InChI is InChI=1S/C16H18N2O3/c1-10-8-11(2)18-16(21)14(10)15(20)17-9-13(19)12-6-4-3-5-7-12/h3-8,13,19H,9H2,1-2H3,(H,17,20)(H,18,21). The van der Waals surface area contributed by atoms with E-state index in [-0.39, 0.29) is 12.1 Å². The lowest BCUT2D eigenvalue weighted by atomic mass is 10.1. The van der Waals surface area contributed by atoms with Gasteiger partial charge in [0.25, 0.3) is 11.5 Å². The molecule has 110 valence electrons. The third kappa shape index (κ3) is 3.58. The van der Waals surface area contributed by atoms with Crippen LogP contribution in [0, 0.1) is 13.8 Å². The Labute approximate surface area is 122 Å². The maximum absolute atomic E-state index is 12.1. The van der Waals surface area contributed by atoms with Crippen molar-refractivity contribution in [1.82, 2.24) is 10.3 Å². The molecule has 0 spiro atoms. The number of rotatable bonds is 4. The van der Waals surface area contributed by atoms with Crippen molar-refractivity contribution in [3.05, 3.63) is 69.1 Å². The molecule has 0 fully saturated rings. The van der Waals surface area contributed by atoms with Gasteiger partial charge in [-0.05, 0) is 31.0 Å². The molecule has 1 atom stereocenters. The summed E-state index contributed by atoms with van der Waals surface area (Å²) in [4.78, 5) is 26.5. The molecule has 5 nitrogen and oxygen atoms in total. The second-order valence-electron chi connectivity index (χ2n) is 4.98. The van der Waals surface area contributed by atoms with Crippen LogP contribution in [0.1, 0.15) is 33.3 Å². The first kappa shape index (κ1) is 15.0. The predicted molar refractivity (Wildman–Crippen MR) is 80.3 cm³/mol. The van der Waals surface area contributed by atoms with E-state index in [9.17, 15) is 14.7 Å². The molecular weight excluding hydrogens is 268 g/mol. The molecule has 2 rings (SSSR count). The monoisotopic (exact) mass is 286 g/mol. The fourth-order valence-electron chi connectivity index (χ4n) is 2.21. The number of aliphatic hydroxyl groups excluding tert-OH is 1. The Morgan fingerprint density at radius 3 is 2.57 bits per heavy atom. The minimum atomic E-state index is -0.806. The number of aryl methyl sites for hydroxylation is 2. The van der Waals surface area contributed by atoms with E-state index in [1.54, 1.807) is 32.0 Å². The van der Waals surface area contributed by atoms with E-state index in [2.05, 4.69) is 10.3 Å². The average molecular weight is 286 g/mol. The first-order valence-electron chi connectivity index (χ1n) is 6.70. The van der Waals surface area contributed by atoms with E-state index in [0.717, 1.165) is 0 Å². The highest BCUT2D eigenvalue weighted by molar-refractivity contribution is 5.95. The maximum Gasteiger partial charge on any atom is 0.261 e. The number of hydrogen-bond acceptors (Lipinski definition) is 3. The number of aliphatic hydroxyl groups is 1. The first-order valence-corrected chi connectivity index (χ1v) is 6.70. The molecule has 0 saturated carbocycles. The van der Waals surface area contributed by atoms with Crippen molar-refractivity contribution in [2.24, 2.45) is 0 Å². The molecule has 1 unspecified atom stereocenters. The molecule has 0 saturated heterocycles. The first-order chi connectivity index (χ1) is 9.99. The Kier molecular flexibility index (Phi) is 4.55. The maximum atomic E-state index is 12.1. The van der Waals surface area contributed by atoms with Gasteiger partial charge in [0.05, 0.1) is 6.10 Å². The molecule has 21 heavy (non-hydrogen) atoms. The molecule has 1 heterocycles. The molecule has 1 amide bonds. The van der Waals surface area contributed by atoms with Crippen LogP contribution in [0.4, 0.5) is 0 Å². The second kappa shape index (κ2) is 6.37. The van der Waals surface area contributed by atoms with Gasteiger partial charge < -0.3 is 15.4 Å². The largest absolute Gasteiger partial charge is 0.387 e. The Balaban J connectivity index is 2.08. The highest BCUT2D eigenvalue weighted by Gasteiger charge is 2.16. The molecule has 0 radical (unpaired) electrons. The van der Waals surface area contributed by atoms with E-state index >= 15 is 0 Å². The summed E-state index contributed by atoms with van der Waals surface area (Å²) < 4.78 is 0. The number of nitrogens with one attached hydrogen (secondary N) is 2. The highest BCUT2D eigenvalue weighted by atomic mass is 16.3. The SMILES string of the molecule is Cc1cc(C)c(C(=O)NCC(O)c2ccccc2)c(=O)[nH]1. The van der Waals surface area contributed by atoms with Crippen molar-refractivity contribution in [1.29, 1.82) is 0 Å². The van der Waals surface area contributed by atoms with Crippen LogP contribution in [0.3, 0.4) is 0 Å². The van der Waals surface area contributed by atoms with Gasteiger partial charge in [0.2, 0.25) is 0 Å². The van der Waals surface area contributed by atoms with Crippen LogP contribution in [-0.2, 0) is 0 Å². The van der Waals surface area contributed by atoms with Gasteiger partial charge in [-0.1, -0.05) is 30.3 Å². The molecule has 0 aliphatic carbocycles. The van der Waals surface area contributed by atoms with Crippen molar-refractivity contribution in [3.63, 3.8) is 0 Å². The molecule has 0 aliphatic heterocycles. The zero-order valence-electron chi connectivity index (χ0n) is 12.0. The number of carbonyl (C=O) groups is 1. The summed E-state index contributed by atoms with van der Waals surface area (Å²) in [6.07, 6.45) is -0.806. The number of H-pyrrole nitrogens is 1. The molecule has 2 aromatic rings. The van der Waals surface area contributed by atoms with Crippen molar-refractivity contribution in [2.75, 3.05) is 6.54 Å². The number of pyridine rings is 1. The van der Waals surface area contributed by atoms with Crippen LogP contribution in [0.2, 0.25) is 0 Å². The number of aromatic amines is 1. The summed E-state index contributed by atoms with van der Waals surface area (Å²) in [7, 11) is 0. The molecule has 1 aromatic heterocycles. The molecular formula is C16H18N2O3. The summed E-state index contributed by atoms with van der Waals surface area (Å²) in [5.74, 6) is -0.483. The van der Waals surface area contributed by atoms with Crippen LogP contribution in [-0.4, -0.2) is 22.5 Å². The zero-order valence-corrected chi connectivity index (χ0v) is 12.0. The van der Waals surface area contributed by atoms with Crippen LogP contribution >= 0.6 is 0 Å². The van der Waals surface area contributed by atoms with Crippen LogP contribution < -0.4 is 10.9 Å². The lowest BCUT2D eigenvalue weighted by molar-refractivity contribution is 0.0914. The van der Waals surface area contributed by atoms with Crippen LogP contribution in [0.5, 0.6) is 0 Å². The number of hydrogen-bond donors (Lipinski definition) is 3. The van der Waals surface area contributed by atoms with Crippen molar-refractivity contribution in [3.8, 4) is 0 Å². The highest BCUT2D eigenvalue weighted by Crippen LogP contribution is 2.11. The minimum absolute atomic E-state index is 0.0512. The van der Waals surface area contributed by atoms with Crippen molar-refractivity contribution >= 4 is 5.91 Å². The zero-order chi connectivity index (χ0) is 15.4. The Hall–Kier alpha value is -2.40. The summed E-state index contributed by atoms with van der Waals surface area (Å²) >= 11 is 0. The number of aromatic nitrogens is 1. The van der Waals surface area contributed by atoms with E-state index < -0.39 is 17.6 Å². The van der Waals surface area contributed by atoms with E-state index in [0.29, 0.717) is 16.8 Å². The molecule has 3 N–H and O–H groups in total. The number of amides is 1. The summed E-state index contributed by atoms with van der Waals surface area (Å²) in [6, 6.07) is 10.8. The van der Waals surface area contributed by atoms with Gasteiger partial charge in [-0.15, -0.1) is 0 Å². The molecule has 5 heteroatoms. The van der Waals surface area contributed by atoms with Gasteiger partial charge in [0, 0.05) is 12.2 Å². The number of carbonyl (C=O) groups excluding carboxylic acids is 1. The lowest BCUT2D eigenvalue weighted by Gasteiger charge is -2.13. The van der Waals surface area contributed by atoms with Gasteiger partial charge >= 0.3 is 0 Å². The number of benzene rings is 1. The van der Waals surface area contributed by atoms with E-state index in [1.807, 2.05) is 18.2 Å². The fraction of sp³-hybridized carbons (Fsp3) is 0.250. The fourth-order valence-corrected chi connectivity index (χ4v) is 2.21. The van der Waals surface area contributed by atoms with Gasteiger partial charge in [0.1, 0.15) is 5.56 Å². The van der Waals surface area contributed by atoms with E-state index in [1.165, 1.54) is 0 Å². The molecule has 0 aliphatic rings. The average Bonchev–Trinajstić information content (AvgIpc) is 2.44. The third-order valence-electron chi connectivity index (χ3n) is 3.23. The van der Waals surface area contributed by atoms with E-state index in [4.69, 9.17) is 0 Å². The van der Waals surface area contributed by atoms with Gasteiger partial charge in [0.15, 0.2) is 0 Å². The lowest BCUT2D eigenvalue weighted by Crippen LogP contribution is -2.33. The van der Waals surface area contributed by atoms with Crippen molar-refractivity contribution < 1.29 is 9.90 Å². The van der Waals surface area contributed by atoms with Gasteiger partial charge in [-0.2, -0.15) is 0 Å². The van der Waals surface area contributed by atoms with Gasteiger partial charge in [-0.25, -0.2) is 0 Å². The summed E-state index contributed by atoms with van der Waals surface area (Å²) in [5.41, 5.74) is 1.70. The predicted octanol–water partition coefficient (Wildman–Crippen LogP) is 1.46. The van der Waals surface area contributed by atoms with Gasteiger partial charge in [-0.3, -0.25) is 9.59 Å². The third-order valence-corrected chi connectivity index (χ3v) is 3.23. The summed E-state index contributed by atoms with van der Waals surface area (Å²) in [5, 5.41) is 12.6. The summed E-state index contributed by atoms with van der Waals surface area (Å²) in [6.45, 7) is 3.52. The van der Waals surface area contributed by atoms with Crippen LogP contribution in [0.25, 0.3) is 0 Å². The smallest absolute Gasteiger partial charge is 0.261 e. The Morgan fingerprint density at radius 1 is 1.29 bits per heavy atom. The Bertz CT molecular complexity index is 692. The normalized spacial score (nSPS) is 12.0. The second-order valence-corrected chi connectivity index (χ2v) is 4.98. The minimum Gasteiger partial charge on any atom is -0.387 e. The van der Waals surface area contributed by atoms with Crippen molar-refractivity contribution in [2.45, 2.75) is 20.0 Å². The van der Waals surface area contributed by atoms with Crippen LogP contribution in [0.15, 0.2) is 41.2 Å². The molecule has 0 bridgehead atoms. The topological polar surface area (TPSA) is 82.2 Å². The molecule has 1 aromatic carbocycles. The quantitative estimate of drug-likeness (QED) is 0.795. The Morgan fingerprint density at radius 2 is 1.95 bits per heavy atom.